The van der Waals surface area contributed by atoms with E-state index in [0.29, 0.717) is 25.9 Å². The van der Waals surface area contributed by atoms with Gasteiger partial charge in [-0.15, -0.1) is 0 Å². The highest BCUT2D eigenvalue weighted by Gasteiger charge is 2.32. The molecule has 0 atom stereocenters. The first-order chi connectivity index (χ1) is 11.0. The summed E-state index contributed by atoms with van der Waals surface area (Å²) in [6, 6.07) is 3.37. The Bertz CT molecular complexity index is 607. The van der Waals surface area contributed by atoms with Crippen molar-refractivity contribution in [2.75, 3.05) is 13.1 Å². The van der Waals surface area contributed by atoms with Crippen molar-refractivity contribution < 1.29 is 13.2 Å². The van der Waals surface area contributed by atoms with E-state index in [1.165, 1.54) is 10.5 Å². The van der Waals surface area contributed by atoms with Gasteiger partial charge in [-0.05, 0) is 37.8 Å². The van der Waals surface area contributed by atoms with Gasteiger partial charge in [0.25, 0.3) is 0 Å². The largest absolute Gasteiger partial charge is 0.353 e. The van der Waals surface area contributed by atoms with Crippen molar-refractivity contribution in [3.63, 3.8) is 0 Å². The molecule has 2 rings (SSSR count). The fourth-order valence-corrected chi connectivity index (χ4v) is 4.25. The number of hydrogen-bond donors (Lipinski definition) is 1. The van der Waals surface area contributed by atoms with Crippen LogP contribution in [0.1, 0.15) is 39.5 Å². The van der Waals surface area contributed by atoms with E-state index in [0.717, 1.165) is 12.8 Å². The average molecular weight is 339 g/mol. The summed E-state index contributed by atoms with van der Waals surface area (Å²) >= 11 is 0. The third-order valence-corrected chi connectivity index (χ3v) is 6.31. The number of rotatable bonds is 6. The highest BCUT2D eigenvalue weighted by Crippen LogP contribution is 2.23. The third kappa shape index (κ3) is 4.29. The molecule has 1 N–H and O–H groups in total. The zero-order chi connectivity index (χ0) is 16.9. The van der Waals surface area contributed by atoms with Crippen molar-refractivity contribution in [2.24, 2.45) is 5.92 Å². The van der Waals surface area contributed by atoms with E-state index in [1.54, 1.807) is 18.3 Å². The molecule has 1 aliphatic rings. The maximum absolute atomic E-state index is 12.5. The van der Waals surface area contributed by atoms with E-state index in [4.69, 9.17) is 0 Å². The van der Waals surface area contributed by atoms with Gasteiger partial charge in [-0.25, -0.2) is 8.42 Å². The van der Waals surface area contributed by atoms with Crippen LogP contribution >= 0.6 is 0 Å². The first kappa shape index (κ1) is 17.9. The van der Waals surface area contributed by atoms with Crippen molar-refractivity contribution in [2.45, 2.75) is 50.5 Å². The Morgan fingerprint density at radius 1 is 1.35 bits per heavy atom. The van der Waals surface area contributed by atoms with Gasteiger partial charge >= 0.3 is 0 Å². The molecule has 0 spiro atoms. The summed E-state index contributed by atoms with van der Waals surface area (Å²) in [5.74, 6) is -0.0481. The number of carbonyl (C=O) groups is 1. The Morgan fingerprint density at radius 2 is 2.00 bits per heavy atom. The lowest BCUT2D eigenvalue weighted by Gasteiger charge is -2.31. The lowest BCUT2D eigenvalue weighted by Crippen LogP contribution is -2.45. The summed E-state index contributed by atoms with van der Waals surface area (Å²) in [6.07, 6.45) is 5.86. The standard InChI is InChI=1S/C16H25N3O3S/c1-3-14(4-2)18-16(20)13-7-10-19(11-8-13)23(21,22)15-6-5-9-17-12-15/h5-6,9,12-14H,3-4,7-8,10-11H2,1-2H3,(H,18,20). The van der Waals surface area contributed by atoms with E-state index in [-0.39, 0.29) is 22.8 Å². The van der Waals surface area contributed by atoms with Crippen LogP contribution < -0.4 is 5.32 Å². The van der Waals surface area contributed by atoms with Gasteiger partial charge in [-0.3, -0.25) is 9.78 Å². The minimum absolute atomic E-state index is 0.0529. The quantitative estimate of drug-likeness (QED) is 0.857. The third-order valence-electron chi connectivity index (χ3n) is 4.43. The fraction of sp³-hybridized carbons (Fsp3) is 0.625. The topological polar surface area (TPSA) is 79.4 Å². The Morgan fingerprint density at radius 3 is 2.52 bits per heavy atom. The Balaban J connectivity index is 1.95. The fourth-order valence-electron chi connectivity index (χ4n) is 2.82. The number of amides is 1. The van der Waals surface area contributed by atoms with E-state index >= 15 is 0 Å². The highest BCUT2D eigenvalue weighted by atomic mass is 32.2. The van der Waals surface area contributed by atoms with Gasteiger partial charge in [-0.2, -0.15) is 4.31 Å². The molecule has 2 heterocycles. The van der Waals surface area contributed by atoms with Crippen molar-refractivity contribution in [3.05, 3.63) is 24.5 Å². The number of sulfonamides is 1. The molecule has 1 aliphatic heterocycles. The molecule has 1 aromatic rings. The molecule has 128 valence electrons. The molecular formula is C16H25N3O3S. The van der Waals surface area contributed by atoms with Crippen molar-refractivity contribution in [3.8, 4) is 0 Å². The predicted molar refractivity (Wildman–Crippen MR) is 88.2 cm³/mol. The molecule has 23 heavy (non-hydrogen) atoms. The first-order valence-electron chi connectivity index (χ1n) is 8.19. The molecule has 0 unspecified atom stereocenters. The molecule has 0 bridgehead atoms. The van der Waals surface area contributed by atoms with Gasteiger partial charge in [-0.1, -0.05) is 13.8 Å². The van der Waals surface area contributed by atoms with Crippen LogP contribution in [-0.2, 0) is 14.8 Å². The van der Waals surface area contributed by atoms with Crippen molar-refractivity contribution in [1.29, 1.82) is 0 Å². The number of nitrogens with one attached hydrogen (secondary N) is 1. The second kappa shape index (κ2) is 7.88. The molecular weight excluding hydrogens is 314 g/mol. The van der Waals surface area contributed by atoms with Crippen molar-refractivity contribution in [1.82, 2.24) is 14.6 Å². The van der Waals surface area contributed by atoms with Gasteiger partial charge < -0.3 is 5.32 Å². The molecule has 0 aromatic carbocycles. The Labute approximate surface area is 138 Å². The minimum atomic E-state index is -3.50. The van der Waals surface area contributed by atoms with E-state index in [1.807, 2.05) is 0 Å². The smallest absolute Gasteiger partial charge is 0.244 e. The summed E-state index contributed by atoms with van der Waals surface area (Å²) in [5, 5.41) is 3.05. The number of pyridine rings is 1. The zero-order valence-electron chi connectivity index (χ0n) is 13.7. The number of hydrogen-bond acceptors (Lipinski definition) is 4. The van der Waals surface area contributed by atoms with Crippen LogP contribution in [0.4, 0.5) is 0 Å². The predicted octanol–water partition coefficient (Wildman–Crippen LogP) is 1.79. The number of carbonyl (C=O) groups excluding carboxylic acids is 1. The zero-order valence-corrected chi connectivity index (χ0v) is 14.6. The normalized spacial score (nSPS) is 17.3. The number of aromatic nitrogens is 1. The Hall–Kier alpha value is -1.47. The van der Waals surface area contributed by atoms with Crippen LogP contribution in [0.25, 0.3) is 0 Å². The lowest BCUT2D eigenvalue weighted by molar-refractivity contribution is -0.126. The van der Waals surface area contributed by atoms with Gasteiger partial charge in [0.1, 0.15) is 4.90 Å². The van der Waals surface area contributed by atoms with Crippen LogP contribution in [-0.4, -0.2) is 42.7 Å². The summed E-state index contributed by atoms with van der Waals surface area (Å²) < 4.78 is 26.5. The summed E-state index contributed by atoms with van der Waals surface area (Å²) in [6.45, 7) is 4.85. The SMILES string of the molecule is CCC(CC)NC(=O)C1CCN(S(=O)(=O)c2cccnc2)CC1. The molecule has 0 saturated carbocycles. The number of piperidine rings is 1. The molecule has 1 saturated heterocycles. The summed E-state index contributed by atoms with van der Waals surface area (Å²) in [5.41, 5.74) is 0. The van der Waals surface area contributed by atoms with E-state index in [2.05, 4.69) is 24.1 Å². The van der Waals surface area contributed by atoms with Gasteiger partial charge in [0.2, 0.25) is 15.9 Å². The molecule has 0 aliphatic carbocycles. The summed E-state index contributed by atoms with van der Waals surface area (Å²) in [7, 11) is -3.50. The van der Waals surface area contributed by atoms with Crippen LogP contribution in [0.15, 0.2) is 29.4 Å². The maximum atomic E-state index is 12.5. The molecule has 1 fully saturated rings. The van der Waals surface area contributed by atoms with Crippen LogP contribution in [0.5, 0.6) is 0 Å². The molecule has 0 radical (unpaired) electrons. The molecule has 6 nitrogen and oxygen atoms in total. The van der Waals surface area contributed by atoms with Crippen LogP contribution in [0, 0.1) is 5.92 Å². The molecule has 7 heteroatoms. The van der Waals surface area contributed by atoms with Gasteiger partial charge in [0.15, 0.2) is 0 Å². The van der Waals surface area contributed by atoms with E-state index < -0.39 is 10.0 Å². The summed E-state index contributed by atoms with van der Waals surface area (Å²) in [4.78, 5) is 16.3. The number of nitrogens with zero attached hydrogens (tertiary/aromatic N) is 2. The lowest BCUT2D eigenvalue weighted by atomic mass is 9.96. The minimum Gasteiger partial charge on any atom is -0.353 e. The Kier molecular flexibility index (Phi) is 6.12. The van der Waals surface area contributed by atoms with Crippen LogP contribution in [0.3, 0.4) is 0 Å². The second-order valence-corrected chi connectivity index (χ2v) is 7.83. The van der Waals surface area contributed by atoms with Gasteiger partial charge in [0.05, 0.1) is 0 Å². The monoisotopic (exact) mass is 339 g/mol. The van der Waals surface area contributed by atoms with Crippen LogP contribution in [0.2, 0.25) is 0 Å². The molecule has 1 aromatic heterocycles. The highest BCUT2D eigenvalue weighted by molar-refractivity contribution is 7.89. The average Bonchev–Trinajstić information content (AvgIpc) is 2.60. The maximum Gasteiger partial charge on any atom is 0.244 e. The first-order valence-corrected chi connectivity index (χ1v) is 9.63. The second-order valence-electron chi connectivity index (χ2n) is 5.89. The van der Waals surface area contributed by atoms with Crippen molar-refractivity contribution >= 4 is 15.9 Å². The molecule has 1 amide bonds. The van der Waals surface area contributed by atoms with E-state index in [9.17, 15) is 13.2 Å². The van der Waals surface area contributed by atoms with Gasteiger partial charge in [0, 0.05) is 37.4 Å².